The van der Waals surface area contributed by atoms with Crippen molar-refractivity contribution in [2.24, 2.45) is 14.1 Å². The lowest BCUT2D eigenvalue weighted by atomic mass is 10.0. The molecule has 2 aliphatic rings. The van der Waals surface area contributed by atoms with Crippen LogP contribution in [0.4, 0.5) is 0 Å². The second kappa shape index (κ2) is 7.21. The maximum absolute atomic E-state index is 12.4. The molecule has 0 saturated carbocycles. The Morgan fingerprint density at radius 1 is 1.11 bits per heavy atom. The summed E-state index contributed by atoms with van der Waals surface area (Å²) >= 11 is 0. The number of aryl methyl sites for hydroxylation is 1. The second-order valence-corrected chi connectivity index (χ2v) is 7.68. The van der Waals surface area contributed by atoms with Crippen molar-refractivity contribution in [1.29, 1.82) is 0 Å². The predicted molar refractivity (Wildman–Crippen MR) is 99.8 cm³/mol. The van der Waals surface area contributed by atoms with Crippen molar-refractivity contribution >= 4 is 11.2 Å². The van der Waals surface area contributed by atoms with Crippen molar-refractivity contribution < 1.29 is 9.84 Å². The molecule has 9 heteroatoms. The summed E-state index contributed by atoms with van der Waals surface area (Å²) in [5.74, 6) is 0. The minimum atomic E-state index is -0.379. The standard InChI is InChI=1S/C18H27N5O4/c1-20-16-15(17(25)21(2)18(20)26)22(11-19-16)5-7-27-8-6-23-12-3-4-13(23)10-14(24)9-12/h11-14,24H,3-10H2,1-2H3. The van der Waals surface area contributed by atoms with Gasteiger partial charge in [-0.1, -0.05) is 0 Å². The third-order valence-corrected chi connectivity index (χ3v) is 6.05. The Morgan fingerprint density at radius 3 is 2.48 bits per heavy atom. The first kappa shape index (κ1) is 18.4. The average Bonchev–Trinajstić information content (AvgIpc) is 3.17. The van der Waals surface area contributed by atoms with Crippen molar-refractivity contribution in [2.75, 3.05) is 19.8 Å². The lowest BCUT2D eigenvalue weighted by molar-refractivity contribution is 0.0145. The number of aliphatic hydroxyl groups excluding tert-OH is 1. The number of piperidine rings is 1. The summed E-state index contributed by atoms with van der Waals surface area (Å²) in [6, 6.07) is 0.980. The highest BCUT2D eigenvalue weighted by molar-refractivity contribution is 5.69. The van der Waals surface area contributed by atoms with Gasteiger partial charge in [-0.15, -0.1) is 0 Å². The molecular weight excluding hydrogens is 350 g/mol. The molecule has 2 fully saturated rings. The van der Waals surface area contributed by atoms with Crippen molar-refractivity contribution in [3.05, 3.63) is 27.2 Å². The first-order valence-electron chi connectivity index (χ1n) is 9.59. The fourth-order valence-electron chi connectivity index (χ4n) is 4.61. The summed E-state index contributed by atoms with van der Waals surface area (Å²) in [6.07, 6.45) is 5.53. The molecule has 0 aromatic carbocycles. The number of nitrogens with zero attached hydrogens (tertiary/aromatic N) is 5. The molecule has 2 atom stereocenters. The molecule has 27 heavy (non-hydrogen) atoms. The van der Waals surface area contributed by atoms with Gasteiger partial charge >= 0.3 is 5.69 Å². The van der Waals surface area contributed by atoms with Gasteiger partial charge in [-0.25, -0.2) is 9.78 Å². The van der Waals surface area contributed by atoms with E-state index in [9.17, 15) is 14.7 Å². The van der Waals surface area contributed by atoms with E-state index < -0.39 is 0 Å². The SMILES string of the molecule is Cn1c(=O)c2c(ncn2CCOCCN2C3CCC2CC(O)C3)n(C)c1=O. The van der Waals surface area contributed by atoms with Gasteiger partial charge < -0.3 is 14.4 Å². The van der Waals surface area contributed by atoms with Crippen LogP contribution in [0.3, 0.4) is 0 Å². The summed E-state index contributed by atoms with van der Waals surface area (Å²) in [4.78, 5) is 31.1. The van der Waals surface area contributed by atoms with E-state index in [1.54, 1.807) is 17.9 Å². The van der Waals surface area contributed by atoms with E-state index in [-0.39, 0.29) is 17.4 Å². The van der Waals surface area contributed by atoms with Gasteiger partial charge in [0.2, 0.25) is 0 Å². The Hall–Kier alpha value is -1.97. The molecule has 2 bridgehead atoms. The van der Waals surface area contributed by atoms with Crippen LogP contribution in [0.2, 0.25) is 0 Å². The summed E-state index contributed by atoms with van der Waals surface area (Å²) in [6.45, 7) is 2.49. The zero-order chi connectivity index (χ0) is 19.1. The van der Waals surface area contributed by atoms with Crippen LogP contribution in [0.25, 0.3) is 11.2 Å². The lowest BCUT2D eigenvalue weighted by Crippen LogP contribution is -2.46. The normalized spacial score (nSPS) is 25.5. The summed E-state index contributed by atoms with van der Waals surface area (Å²) in [5.41, 5.74) is 0.0992. The third-order valence-electron chi connectivity index (χ3n) is 6.05. The van der Waals surface area contributed by atoms with Gasteiger partial charge in [-0.05, 0) is 25.7 Å². The molecule has 0 amide bonds. The van der Waals surface area contributed by atoms with Crippen LogP contribution in [0.15, 0.2) is 15.9 Å². The maximum atomic E-state index is 12.4. The Kier molecular flexibility index (Phi) is 4.92. The topological polar surface area (TPSA) is 94.5 Å². The zero-order valence-electron chi connectivity index (χ0n) is 15.9. The van der Waals surface area contributed by atoms with Crippen LogP contribution in [-0.2, 0) is 25.4 Å². The average molecular weight is 377 g/mol. The highest BCUT2D eigenvalue weighted by atomic mass is 16.5. The summed E-state index contributed by atoms with van der Waals surface area (Å²) in [7, 11) is 3.09. The maximum Gasteiger partial charge on any atom is 0.332 e. The molecule has 0 spiro atoms. The number of imidazole rings is 1. The van der Waals surface area contributed by atoms with Crippen LogP contribution >= 0.6 is 0 Å². The van der Waals surface area contributed by atoms with Crippen molar-refractivity contribution in [3.8, 4) is 0 Å². The molecule has 2 saturated heterocycles. The molecule has 148 valence electrons. The third kappa shape index (κ3) is 3.24. The van der Waals surface area contributed by atoms with E-state index in [2.05, 4.69) is 9.88 Å². The molecule has 4 rings (SSSR count). The van der Waals surface area contributed by atoms with E-state index >= 15 is 0 Å². The molecule has 2 unspecified atom stereocenters. The van der Waals surface area contributed by atoms with Gasteiger partial charge in [-0.3, -0.25) is 18.8 Å². The van der Waals surface area contributed by atoms with Crippen LogP contribution < -0.4 is 11.2 Å². The van der Waals surface area contributed by atoms with Crippen LogP contribution in [0.1, 0.15) is 25.7 Å². The molecule has 4 heterocycles. The lowest BCUT2D eigenvalue weighted by Gasteiger charge is -2.37. The van der Waals surface area contributed by atoms with Crippen molar-refractivity contribution in [1.82, 2.24) is 23.6 Å². The minimum absolute atomic E-state index is 0.146. The second-order valence-electron chi connectivity index (χ2n) is 7.68. The van der Waals surface area contributed by atoms with Gasteiger partial charge in [0.25, 0.3) is 5.56 Å². The molecule has 2 aromatic rings. The quantitative estimate of drug-likeness (QED) is 0.678. The van der Waals surface area contributed by atoms with Crippen molar-refractivity contribution in [2.45, 2.75) is 50.4 Å². The number of ether oxygens (including phenoxy) is 1. The monoisotopic (exact) mass is 377 g/mol. The summed E-state index contributed by atoms with van der Waals surface area (Å²) in [5, 5.41) is 9.87. The number of hydrogen-bond donors (Lipinski definition) is 1. The number of hydrogen-bond acceptors (Lipinski definition) is 6. The van der Waals surface area contributed by atoms with Gasteiger partial charge in [0.15, 0.2) is 11.2 Å². The highest BCUT2D eigenvalue weighted by Gasteiger charge is 2.39. The smallest absolute Gasteiger partial charge is 0.332 e. The predicted octanol–water partition coefficient (Wildman–Crippen LogP) is -0.562. The number of fused-ring (bicyclic) bond motifs is 3. The Labute approximate surface area is 156 Å². The molecular formula is C18H27N5O4. The molecule has 2 aromatic heterocycles. The molecule has 0 aliphatic carbocycles. The first-order chi connectivity index (χ1) is 13.0. The number of rotatable bonds is 6. The van der Waals surface area contributed by atoms with E-state index in [1.807, 2.05) is 0 Å². The molecule has 0 radical (unpaired) electrons. The fourth-order valence-corrected chi connectivity index (χ4v) is 4.61. The molecule has 1 N–H and O–H groups in total. The van der Waals surface area contributed by atoms with Gasteiger partial charge in [-0.2, -0.15) is 0 Å². The molecule has 9 nitrogen and oxygen atoms in total. The van der Waals surface area contributed by atoms with E-state index in [0.717, 1.165) is 24.0 Å². The summed E-state index contributed by atoms with van der Waals surface area (Å²) < 4.78 is 10.0. The van der Waals surface area contributed by atoms with Crippen LogP contribution in [0, 0.1) is 0 Å². The largest absolute Gasteiger partial charge is 0.393 e. The van der Waals surface area contributed by atoms with E-state index in [4.69, 9.17) is 4.74 Å². The first-order valence-corrected chi connectivity index (χ1v) is 9.59. The number of aromatic nitrogens is 4. The zero-order valence-corrected chi connectivity index (χ0v) is 15.9. The Balaban J connectivity index is 1.34. The number of aliphatic hydroxyl groups is 1. The van der Waals surface area contributed by atoms with Gasteiger partial charge in [0.1, 0.15) is 0 Å². The molecule has 2 aliphatic heterocycles. The fraction of sp³-hybridized carbons (Fsp3) is 0.722. The van der Waals surface area contributed by atoms with Gasteiger partial charge in [0.05, 0.1) is 25.6 Å². The minimum Gasteiger partial charge on any atom is -0.393 e. The van der Waals surface area contributed by atoms with Crippen LogP contribution in [0.5, 0.6) is 0 Å². The van der Waals surface area contributed by atoms with Crippen LogP contribution in [-0.4, -0.2) is 66.6 Å². The Bertz CT molecular complexity index is 932. The van der Waals surface area contributed by atoms with Crippen molar-refractivity contribution in [3.63, 3.8) is 0 Å². The highest BCUT2D eigenvalue weighted by Crippen LogP contribution is 2.35. The van der Waals surface area contributed by atoms with Gasteiger partial charge in [0, 0.05) is 39.3 Å². The van der Waals surface area contributed by atoms with E-state index in [1.165, 1.54) is 24.5 Å². The van der Waals surface area contributed by atoms with E-state index in [0.29, 0.717) is 43.0 Å². The Morgan fingerprint density at radius 2 is 1.78 bits per heavy atom.